The van der Waals surface area contributed by atoms with Crippen LogP contribution < -0.4 is 0 Å². The van der Waals surface area contributed by atoms with E-state index in [1.54, 1.807) is 41.3 Å². The van der Waals surface area contributed by atoms with Crippen LogP contribution in [0.25, 0.3) is 0 Å². The topological polar surface area (TPSA) is 62.5 Å². The van der Waals surface area contributed by atoms with Crippen LogP contribution >= 0.6 is 27.3 Å². The molecule has 1 unspecified atom stereocenters. The molecule has 1 aliphatic heterocycles. The molecule has 0 saturated heterocycles. The zero-order valence-electron chi connectivity index (χ0n) is 11.2. The van der Waals surface area contributed by atoms with E-state index < -0.39 is 12.0 Å². The van der Waals surface area contributed by atoms with Gasteiger partial charge in [-0.3, -0.25) is 4.79 Å². The molecule has 1 amide bonds. The molecule has 0 fully saturated rings. The van der Waals surface area contributed by atoms with Crippen molar-refractivity contribution in [3.8, 4) is 0 Å². The molecule has 0 radical (unpaired) electrons. The number of carbonyl (C=O) groups excluding carboxylic acids is 1. The number of aromatic nitrogens is 1. The standard InChI is InChI=1S/C14H13BrN2O3S/c1-16-7-8(15)6-10(16)13(18)17-4-2-11-9(3-5-21-11)12(17)14(19)20/h3,5-7,12H,2,4H2,1H3,(H,19,20). The number of fused-ring (bicyclic) bond motifs is 1. The second-order valence-electron chi connectivity index (χ2n) is 4.94. The van der Waals surface area contributed by atoms with Crippen LogP contribution in [0.3, 0.4) is 0 Å². The summed E-state index contributed by atoms with van der Waals surface area (Å²) in [6.45, 7) is 0.423. The number of hydrogen-bond donors (Lipinski definition) is 1. The highest BCUT2D eigenvalue weighted by Crippen LogP contribution is 2.34. The fourth-order valence-electron chi connectivity index (χ4n) is 2.69. The fraction of sp³-hybridized carbons (Fsp3) is 0.286. The maximum absolute atomic E-state index is 12.7. The van der Waals surface area contributed by atoms with Gasteiger partial charge in [0, 0.05) is 29.1 Å². The van der Waals surface area contributed by atoms with Crippen molar-refractivity contribution >= 4 is 39.1 Å². The van der Waals surface area contributed by atoms with Crippen LogP contribution in [0.2, 0.25) is 0 Å². The predicted octanol–water partition coefficient (Wildman–Crippen LogP) is 2.67. The molecule has 3 heterocycles. The highest BCUT2D eigenvalue weighted by molar-refractivity contribution is 9.10. The summed E-state index contributed by atoms with van der Waals surface area (Å²) in [6.07, 6.45) is 2.48. The van der Waals surface area contributed by atoms with E-state index in [-0.39, 0.29) is 5.91 Å². The van der Waals surface area contributed by atoms with Gasteiger partial charge in [0.1, 0.15) is 5.69 Å². The van der Waals surface area contributed by atoms with Crippen molar-refractivity contribution in [1.29, 1.82) is 0 Å². The van der Waals surface area contributed by atoms with Crippen molar-refractivity contribution in [3.05, 3.63) is 44.3 Å². The highest BCUT2D eigenvalue weighted by atomic mass is 79.9. The van der Waals surface area contributed by atoms with Crippen molar-refractivity contribution in [2.75, 3.05) is 6.54 Å². The summed E-state index contributed by atoms with van der Waals surface area (Å²) in [6, 6.07) is 2.62. The van der Waals surface area contributed by atoms with E-state index >= 15 is 0 Å². The van der Waals surface area contributed by atoms with Crippen LogP contribution in [0.1, 0.15) is 27.0 Å². The minimum atomic E-state index is -0.990. The minimum absolute atomic E-state index is 0.257. The van der Waals surface area contributed by atoms with Crippen LogP contribution in [-0.4, -0.2) is 33.0 Å². The SMILES string of the molecule is Cn1cc(Br)cc1C(=O)N1CCc2sccc2C1C(=O)O. The Morgan fingerprint density at radius 1 is 1.48 bits per heavy atom. The molecule has 110 valence electrons. The fourth-order valence-corrected chi connectivity index (χ4v) is 4.11. The first-order valence-electron chi connectivity index (χ1n) is 6.41. The molecule has 0 spiro atoms. The van der Waals surface area contributed by atoms with Gasteiger partial charge in [0.2, 0.25) is 0 Å². The molecule has 0 aliphatic carbocycles. The summed E-state index contributed by atoms with van der Waals surface area (Å²) in [5.41, 5.74) is 1.21. The minimum Gasteiger partial charge on any atom is -0.479 e. The summed E-state index contributed by atoms with van der Waals surface area (Å²) in [4.78, 5) is 26.8. The Morgan fingerprint density at radius 3 is 2.86 bits per heavy atom. The van der Waals surface area contributed by atoms with E-state index in [4.69, 9.17) is 0 Å². The molecule has 2 aromatic heterocycles. The van der Waals surface area contributed by atoms with Gasteiger partial charge < -0.3 is 14.6 Å². The van der Waals surface area contributed by atoms with E-state index in [1.165, 1.54) is 4.90 Å². The maximum atomic E-state index is 12.7. The second kappa shape index (κ2) is 5.31. The van der Waals surface area contributed by atoms with Gasteiger partial charge in [-0.15, -0.1) is 11.3 Å². The molecular weight excluding hydrogens is 356 g/mol. The largest absolute Gasteiger partial charge is 0.479 e. The highest BCUT2D eigenvalue weighted by Gasteiger charge is 2.37. The van der Waals surface area contributed by atoms with Crippen LogP contribution in [0, 0.1) is 0 Å². The summed E-state index contributed by atoms with van der Waals surface area (Å²) in [5, 5.41) is 11.4. The first-order chi connectivity index (χ1) is 9.99. The number of halogens is 1. The van der Waals surface area contributed by atoms with Crippen LogP contribution in [-0.2, 0) is 18.3 Å². The van der Waals surface area contributed by atoms with Gasteiger partial charge >= 0.3 is 5.97 Å². The Morgan fingerprint density at radius 2 is 2.24 bits per heavy atom. The van der Waals surface area contributed by atoms with Gasteiger partial charge in [0.25, 0.3) is 5.91 Å². The Kier molecular flexibility index (Phi) is 3.62. The van der Waals surface area contributed by atoms with E-state index in [0.717, 1.165) is 14.9 Å². The molecule has 7 heteroatoms. The van der Waals surface area contributed by atoms with E-state index in [9.17, 15) is 14.7 Å². The average molecular weight is 369 g/mol. The first kappa shape index (κ1) is 14.3. The average Bonchev–Trinajstić information content (AvgIpc) is 3.02. The molecule has 2 aromatic rings. The zero-order valence-corrected chi connectivity index (χ0v) is 13.6. The number of carbonyl (C=O) groups is 2. The molecule has 1 aliphatic rings. The van der Waals surface area contributed by atoms with Gasteiger partial charge in [-0.1, -0.05) is 0 Å². The third kappa shape index (κ3) is 2.40. The van der Waals surface area contributed by atoms with E-state index in [1.807, 2.05) is 5.38 Å². The number of aliphatic carboxylic acids is 1. The summed E-state index contributed by atoms with van der Waals surface area (Å²) >= 11 is 4.88. The number of rotatable bonds is 2. The van der Waals surface area contributed by atoms with Crippen molar-refractivity contribution in [2.24, 2.45) is 7.05 Å². The number of nitrogens with zero attached hydrogens (tertiary/aromatic N) is 2. The lowest BCUT2D eigenvalue weighted by Crippen LogP contribution is -2.43. The number of carboxylic acids is 1. The lowest BCUT2D eigenvalue weighted by atomic mass is 9.99. The quantitative estimate of drug-likeness (QED) is 0.886. The van der Waals surface area contributed by atoms with Gasteiger partial charge in [0.15, 0.2) is 6.04 Å². The Labute approximate surface area is 133 Å². The molecule has 3 rings (SSSR count). The molecule has 1 atom stereocenters. The number of aryl methyl sites for hydroxylation is 1. The third-order valence-electron chi connectivity index (χ3n) is 3.65. The first-order valence-corrected chi connectivity index (χ1v) is 8.08. The van der Waals surface area contributed by atoms with E-state index in [0.29, 0.717) is 18.7 Å². The number of thiophene rings is 1. The van der Waals surface area contributed by atoms with Gasteiger partial charge in [0.05, 0.1) is 0 Å². The summed E-state index contributed by atoms with van der Waals surface area (Å²) in [7, 11) is 1.77. The molecule has 1 N–H and O–H groups in total. The summed E-state index contributed by atoms with van der Waals surface area (Å²) < 4.78 is 2.50. The molecular formula is C14H13BrN2O3S. The number of carboxylic acid groups (broad SMARTS) is 1. The smallest absolute Gasteiger partial charge is 0.331 e. The summed E-state index contributed by atoms with van der Waals surface area (Å²) in [5.74, 6) is -1.25. The van der Waals surface area contributed by atoms with Crippen molar-refractivity contribution in [3.63, 3.8) is 0 Å². The Balaban J connectivity index is 2.00. The molecule has 21 heavy (non-hydrogen) atoms. The van der Waals surface area contributed by atoms with E-state index in [2.05, 4.69) is 15.9 Å². The number of hydrogen-bond acceptors (Lipinski definition) is 3. The lowest BCUT2D eigenvalue weighted by molar-refractivity contribution is -0.143. The van der Waals surface area contributed by atoms with Crippen LogP contribution in [0.4, 0.5) is 0 Å². The second-order valence-corrected chi connectivity index (χ2v) is 6.86. The van der Waals surface area contributed by atoms with Crippen molar-refractivity contribution < 1.29 is 14.7 Å². The van der Waals surface area contributed by atoms with Gasteiger partial charge in [-0.2, -0.15) is 0 Å². The zero-order chi connectivity index (χ0) is 15.1. The monoisotopic (exact) mass is 368 g/mol. The molecule has 0 bridgehead atoms. The lowest BCUT2D eigenvalue weighted by Gasteiger charge is -2.33. The number of amides is 1. The molecule has 0 saturated carbocycles. The van der Waals surface area contributed by atoms with Gasteiger partial charge in [-0.25, -0.2) is 4.79 Å². The van der Waals surface area contributed by atoms with Gasteiger partial charge in [-0.05, 0) is 45.4 Å². The maximum Gasteiger partial charge on any atom is 0.331 e. The predicted molar refractivity (Wildman–Crippen MR) is 82.5 cm³/mol. The van der Waals surface area contributed by atoms with Crippen LogP contribution in [0.15, 0.2) is 28.2 Å². The Bertz CT molecular complexity index is 722. The van der Waals surface area contributed by atoms with Crippen LogP contribution in [0.5, 0.6) is 0 Å². The normalized spacial score (nSPS) is 17.6. The van der Waals surface area contributed by atoms with Crippen molar-refractivity contribution in [1.82, 2.24) is 9.47 Å². The van der Waals surface area contributed by atoms with Crippen molar-refractivity contribution in [2.45, 2.75) is 12.5 Å². The Hall–Kier alpha value is -1.60. The molecule has 5 nitrogen and oxygen atoms in total. The molecule has 0 aromatic carbocycles. The third-order valence-corrected chi connectivity index (χ3v) is 5.08.